The predicted octanol–water partition coefficient (Wildman–Crippen LogP) is 3.30. The molecule has 1 heterocycles. The van der Waals surface area contributed by atoms with E-state index in [0.29, 0.717) is 6.04 Å². The van der Waals surface area contributed by atoms with Crippen molar-refractivity contribution in [1.82, 2.24) is 10.3 Å². The van der Waals surface area contributed by atoms with Crippen LogP contribution in [0.2, 0.25) is 0 Å². The molecular formula is C15H24N2. The van der Waals surface area contributed by atoms with Gasteiger partial charge in [-0.15, -0.1) is 0 Å². The second kappa shape index (κ2) is 5.63. The van der Waals surface area contributed by atoms with E-state index in [1.165, 1.54) is 24.8 Å². The monoisotopic (exact) mass is 232 g/mol. The highest BCUT2D eigenvalue weighted by Gasteiger charge is 2.30. The first-order valence-corrected chi connectivity index (χ1v) is 6.85. The molecular weight excluding hydrogens is 208 g/mol. The number of hydrogen-bond acceptors (Lipinski definition) is 2. The van der Waals surface area contributed by atoms with Gasteiger partial charge in [0.2, 0.25) is 0 Å². The zero-order valence-electron chi connectivity index (χ0n) is 11.2. The van der Waals surface area contributed by atoms with Gasteiger partial charge in [-0.1, -0.05) is 26.3 Å². The number of rotatable bonds is 4. The van der Waals surface area contributed by atoms with Crippen LogP contribution in [0.3, 0.4) is 0 Å². The highest BCUT2D eigenvalue weighted by molar-refractivity contribution is 5.12. The summed E-state index contributed by atoms with van der Waals surface area (Å²) < 4.78 is 0. The van der Waals surface area contributed by atoms with E-state index in [0.717, 1.165) is 24.1 Å². The van der Waals surface area contributed by atoms with Crippen LogP contribution in [-0.4, -0.2) is 11.0 Å². The number of hydrogen-bond donors (Lipinski definition) is 1. The summed E-state index contributed by atoms with van der Waals surface area (Å²) in [5.41, 5.74) is 2.39. The van der Waals surface area contributed by atoms with E-state index in [1.54, 1.807) is 0 Å². The number of aromatic nitrogens is 1. The van der Waals surface area contributed by atoms with Gasteiger partial charge in [-0.25, -0.2) is 0 Å². The molecule has 0 spiro atoms. The first-order valence-electron chi connectivity index (χ1n) is 6.85. The molecule has 3 unspecified atom stereocenters. The zero-order valence-corrected chi connectivity index (χ0v) is 11.2. The van der Waals surface area contributed by atoms with Crippen molar-refractivity contribution >= 4 is 0 Å². The summed E-state index contributed by atoms with van der Waals surface area (Å²) in [5.74, 6) is 1.73. The van der Waals surface area contributed by atoms with Crippen molar-refractivity contribution in [2.75, 3.05) is 0 Å². The second-order valence-corrected chi connectivity index (χ2v) is 5.42. The van der Waals surface area contributed by atoms with Crippen LogP contribution in [0.15, 0.2) is 18.3 Å². The van der Waals surface area contributed by atoms with E-state index in [4.69, 9.17) is 0 Å². The minimum atomic E-state index is 0.683. The predicted molar refractivity (Wildman–Crippen MR) is 71.8 cm³/mol. The Hall–Kier alpha value is -0.890. The molecule has 17 heavy (non-hydrogen) atoms. The minimum absolute atomic E-state index is 0.683. The number of nitrogens with one attached hydrogen (secondary N) is 1. The molecule has 1 saturated carbocycles. The average molecular weight is 232 g/mol. The Morgan fingerprint density at radius 1 is 1.35 bits per heavy atom. The molecule has 1 aliphatic carbocycles. The quantitative estimate of drug-likeness (QED) is 0.861. The van der Waals surface area contributed by atoms with Crippen molar-refractivity contribution < 1.29 is 0 Å². The van der Waals surface area contributed by atoms with E-state index in [-0.39, 0.29) is 0 Å². The smallest absolute Gasteiger partial charge is 0.0541 e. The van der Waals surface area contributed by atoms with E-state index in [1.807, 2.05) is 6.20 Å². The van der Waals surface area contributed by atoms with Gasteiger partial charge < -0.3 is 5.32 Å². The molecule has 1 aromatic heterocycles. The van der Waals surface area contributed by atoms with Crippen LogP contribution in [0.5, 0.6) is 0 Å². The van der Waals surface area contributed by atoms with Crippen LogP contribution in [0.1, 0.15) is 44.4 Å². The summed E-state index contributed by atoms with van der Waals surface area (Å²) in [7, 11) is 0. The standard InChI is InChI=1S/C15H24N2/c1-4-13-6-8-15(12(13)3)17-10-14-7-5-11(2)9-16-14/h5,7,9,12-13,15,17H,4,6,8,10H2,1-3H3. The summed E-state index contributed by atoms with van der Waals surface area (Å²) in [6, 6.07) is 4.94. The third-order valence-corrected chi connectivity index (χ3v) is 4.27. The third-order valence-electron chi connectivity index (χ3n) is 4.27. The molecule has 0 aliphatic heterocycles. The molecule has 1 fully saturated rings. The Balaban J connectivity index is 1.84. The van der Waals surface area contributed by atoms with Gasteiger partial charge in [-0.2, -0.15) is 0 Å². The van der Waals surface area contributed by atoms with Crippen molar-refractivity contribution in [3.8, 4) is 0 Å². The van der Waals surface area contributed by atoms with Gasteiger partial charge in [-0.3, -0.25) is 4.98 Å². The maximum absolute atomic E-state index is 4.44. The first kappa shape index (κ1) is 12.6. The van der Waals surface area contributed by atoms with Gasteiger partial charge in [0.25, 0.3) is 0 Å². The Morgan fingerprint density at radius 3 is 2.76 bits per heavy atom. The van der Waals surface area contributed by atoms with Crippen molar-refractivity contribution in [2.45, 2.75) is 52.6 Å². The van der Waals surface area contributed by atoms with Crippen molar-refractivity contribution in [1.29, 1.82) is 0 Å². The molecule has 1 aromatic rings. The van der Waals surface area contributed by atoms with Gasteiger partial charge in [0, 0.05) is 18.8 Å². The lowest BCUT2D eigenvalue weighted by atomic mass is 9.93. The van der Waals surface area contributed by atoms with Crippen LogP contribution in [0.4, 0.5) is 0 Å². The van der Waals surface area contributed by atoms with Gasteiger partial charge in [-0.05, 0) is 43.2 Å². The van der Waals surface area contributed by atoms with Crippen LogP contribution < -0.4 is 5.32 Å². The van der Waals surface area contributed by atoms with Crippen molar-refractivity contribution in [2.24, 2.45) is 11.8 Å². The SMILES string of the molecule is CCC1CCC(NCc2ccc(C)cn2)C1C. The Bertz CT molecular complexity index is 344. The topological polar surface area (TPSA) is 24.9 Å². The van der Waals surface area contributed by atoms with Crippen molar-refractivity contribution in [3.63, 3.8) is 0 Å². The van der Waals surface area contributed by atoms with Crippen LogP contribution >= 0.6 is 0 Å². The molecule has 0 radical (unpaired) electrons. The number of aryl methyl sites for hydroxylation is 1. The van der Waals surface area contributed by atoms with Gasteiger partial charge in [0.1, 0.15) is 0 Å². The fourth-order valence-electron chi connectivity index (χ4n) is 2.95. The molecule has 0 saturated heterocycles. The number of pyridine rings is 1. The summed E-state index contributed by atoms with van der Waals surface area (Å²) in [6.45, 7) is 7.69. The second-order valence-electron chi connectivity index (χ2n) is 5.42. The fraction of sp³-hybridized carbons (Fsp3) is 0.667. The van der Waals surface area contributed by atoms with Crippen LogP contribution in [-0.2, 0) is 6.54 Å². The summed E-state index contributed by atoms with van der Waals surface area (Å²) in [4.78, 5) is 4.44. The third kappa shape index (κ3) is 3.06. The van der Waals surface area contributed by atoms with Crippen molar-refractivity contribution in [3.05, 3.63) is 29.6 Å². The largest absolute Gasteiger partial charge is 0.308 e. The Labute approximate surface area is 105 Å². The van der Waals surface area contributed by atoms with E-state index in [9.17, 15) is 0 Å². The molecule has 2 heteroatoms. The minimum Gasteiger partial charge on any atom is -0.308 e. The fourth-order valence-corrected chi connectivity index (χ4v) is 2.95. The Kier molecular flexibility index (Phi) is 4.16. The molecule has 2 nitrogen and oxygen atoms in total. The summed E-state index contributed by atoms with van der Waals surface area (Å²) in [5, 5.41) is 3.67. The van der Waals surface area contributed by atoms with Gasteiger partial charge >= 0.3 is 0 Å². The first-order chi connectivity index (χ1) is 8.20. The molecule has 0 aromatic carbocycles. The summed E-state index contributed by atoms with van der Waals surface area (Å²) in [6.07, 6.45) is 5.98. The van der Waals surface area contributed by atoms with E-state index >= 15 is 0 Å². The zero-order chi connectivity index (χ0) is 12.3. The lowest BCUT2D eigenvalue weighted by Crippen LogP contribution is -2.32. The molecule has 94 valence electrons. The molecule has 2 rings (SSSR count). The normalized spacial score (nSPS) is 28.5. The van der Waals surface area contributed by atoms with Gasteiger partial charge in [0.15, 0.2) is 0 Å². The molecule has 3 atom stereocenters. The molecule has 1 N–H and O–H groups in total. The molecule has 0 amide bonds. The maximum atomic E-state index is 4.44. The van der Waals surface area contributed by atoms with Crippen LogP contribution in [0.25, 0.3) is 0 Å². The lowest BCUT2D eigenvalue weighted by Gasteiger charge is -2.20. The summed E-state index contributed by atoms with van der Waals surface area (Å²) >= 11 is 0. The lowest BCUT2D eigenvalue weighted by molar-refractivity contribution is 0.343. The molecule has 0 bridgehead atoms. The highest BCUT2D eigenvalue weighted by Crippen LogP contribution is 2.33. The maximum Gasteiger partial charge on any atom is 0.0541 e. The van der Waals surface area contributed by atoms with E-state index < -0.39 is 0 Å². The molecule has 1 aliphatic rings. The van der Waals surface area contributed by atoms with Gasteiger partial charge in [0.05, 0.1) is 5.69 Å². The average Bonchev–Trinajstić information content (AvgIpc) is 2.69. The van der Waals surface area contributed by atoms with Crippen LogP contribution in [0, 0.1) is 18.8 Å². The number of nitrogens with zero attached hydrogens (tertiary/aromatic N) is 1. The highest BCUT2D eigenvalue weighted by atomic mass is 14.9. The van der Waals surface area contributed by atoms with E-state index in [2.05, 4.69) is 43.2 Å². The Morgan fingerprint density at radius 2 is 2.18 bits per heavy atom.